The van der Waals surface area contributed by atoms with Crippen molar-refractivity contribution in [2.75, 3.05) is 0 Å². The molecular formula is C24H22BN. The van der Waals surface area contributed by atoms with Gasteiger partial charge in [0, 0.05) is 11.9 Å². The van der Waals surface area contributed by atoms with Crippen LogP contribution in [-0.2, 0) is 0 Å². The van der Waals surface area contributed by atoms with Gasteiger partial charge in [0.1, 0.15) is 0 Å². The van der Waals surface area contributed by atoms with Crippen LogP contribution in [0.4, 0.5) is 0 Å². The maximum atomic E-state index is 3.98. The minimum Gasteiger partial charge on any atom is -0.262 e. The van der Waals surface area contributed by atoms with E-state index in [2.05, 4.69) is 96.0 Å². The Bertz CT molecular complexity index is 784. The van der Waals surface area contributed by atoms with Crippen molar-refractivity contribution in [2.24, 2.45) is 0 Å². The summed E-state index contributed by atoms with van der Waals surface area (Å²) in [6.45, 7) is 2.28. The molecule has 1 heterocycles. The second kappa shape index (κ2) is 9.38. The normalized spacial score (nSPS) is 9.73. The Morgan fingerprint density at radius 2 is 0.885 bits per heavy atom. The molecule has 0 saturated carbocycles. The SMILES string of the molecule is Cc1ccccn1.c1ccc(B(c2ccccc2)c2ccccc2)cc1. The quantitative estimate of drug-likeness (QED) is 0.522. The van der Waals surface area contributed by atoms with E-state index in [9.17, 15) is 0 Å². The highest BCUT2D eigenvalue weighted by Crippen LogP contribution is 1.95. The number of hydrogen-bond donors (Lipinski definition) is 0. The molecule has 26 heavy (non-hydrogen) atoms. The first-order valence-corrected chi connectivity index (χ1v) is 8.87. The first-order valence-electron chi connectivity index (χ1n) is 8.87. The summed E-state index contributed by atoms with van der Waals surface area (Å²) in [4.78, 5) is 3.98. The first-order chi connectivity index (χ1) is 12.8. The summed E-state index contributed by atoms with van der Waals surface area (Å²) in [5, 5.41) is 0. The molecule has 3 aromatic carbocycles. The Balaban J connectivity index is 0.000000236. The maximum absolute atomic E-state index is 3.98. The fraction of sp³-hybridized carbons (Fsp3) is 0.0417. The number of pyridine rings is 1. The number of hydrogen-bond acceptors (Lipinski definition) is 1. The summed E-state index contributed by atoms with van der Waals surface area (Å²) in [7, 11) is 0. The number of rotatable bonds is 3. The lowest BCUT2D eigenvalue weighted by Gasteiger charge is -2.15. The van der Waals surface area contributed by atoms with Gasteiger partial charge in [-0.1, -0.05) is 113 Å². The molecule has 0 aliphatic rings. The van der Waals surface area contributed by atoms with Crippen molar-refractivity contribution in [2.45, 2.75) is 6.92 Å². The van der Waals surface area contributed by atoms with Crippen LogP contribution in [0.2, 0.25) is 0 Å². The lowest BCUT2D eigenvalue weighted by Crippen LogP contribution is -2.51. The van der Waals surface area contributed by atoms with Crippen LogP contribution in [0.3, 0.4) is 0 Å². The summed E-state index contributed by atoms with van der Waals surface area (Å²) in [6, 6.07) is 37.9. The van der Waals surface area contributed by atoms with Gasteiger partial charge in [0.25, 0.3) is 0 Å². The summed E-state index contributed by atoms with van der Waals surface area (Å²) in [5.41, 5.74) is 5.07. The van der Waals surface area contributed by atoms with Crippen molar-refractivity contribution in [3.63, 3.8) is 0 Å². The van der Waals surface area contributed by atoms with Gasteiger partial charge in [-0.3, -0.25) is 4.98 Å². The molecule has 1 nitrogen and oxygen atoms in total. The molecule has 0 radical (unpaired) electrons. The topological polar surface area (TPSA) is 12.9 Å². The van der Waals surface area contributed by atoms with Crippen molar-refractivity contribution < 1.29 is 0 Å². The summed E-state index contributed by atoms with van der Waals surface area (Å²) in [5.74, 6) is 0. The smallest absolute Gasteiger partial charge is 0.241 e. The molecule has 0 aliphatic carbocycles. The van der Waals surface area contributed by atoms with Gasteiger partial charge in [0.15, 0.2) is 0 Å². The zero-order chi connectivity index (χ0) is 18.0. The number of benzene rings is 3. The van der Waals surface area contributed by atoms with E-state index in [-0.39, 0.29) is 0 Å². The molecule has 4 aromatic rings. The predicted molar refractivity (Wildman–Crippen MR) is 113 cm³/mol. The van der Waals surface area contributed by atoms with Crippen LogP contribution in [0.1, 0.15) is 5.69 Å². The predicted octanol–water partition coefficient (Wildman–Crippen LogP) is 3.59. The molecule has 0 atom stereocenters. The highest BCUT2D eigenvalue weighted by atomic mass is 14.6. The van der Waals surface area contributed by atoms with E-state index >= 15 is 0 Å². The lowest BCUT2D eigenvalue weighted by atomic mass is 9.37. The van der Waals surface area contributed by atoms with Gasteiger partial charge in [0.05, 0.1) is 0 Å². The average molecular weight is 335 g/mol. The molecular weight excluding hydrogens is 313 g/mol. The molecule has 0 amide bonds. The van der Waals surface area contributed by atoms with Crippen LogP contribution >= 0.6 is 0 Å². The van der Waals surface area contributed by atoms with E-state index in [0.29, 0.717) is 6.71 Å². The van der Waals surface area contributed by atoms with Crippen molar-refractivity contribution in [1.29, 1.82) is 0 Å². The van der Waals surface area contributed by atoms with Gasteiger partial charge in [0.2, 0.25) is 6.71 Å². The molecule has 0 fully saturated rings. The molecule has 2 heteroatoms. The van der Waals surface area contributed by atoms with Crippen LogP contribution in [0, 0.1) is 6.92 Å². The van der Waals surface area contributed by atoms with Crippen LogP contribution in [0.25, 0.3) is 0 Å². The van der Waals surface area contributed by atoms with Crippen molar-refractivity contribution in [3.8, 4) is 0 Å². The average Bonchev–Trinajstić information content (AvgIpc) is 2.72. The van der Waals surface area contributed by atoms with E-state index in [1.54, 1.807) is 6.20 Å². The van der Waals surface area contributed by atoms with Crippen molar-refractivity contribution >= 4 is 23.1 Å². The zero-order valence-corrected chi connectivity index (χ0v) is 15.0. The Labute approximate surface area is 156 Å². The summed E-state index contributed by atoms with van der Waals surface area (Å²) in [6.07, 6.45) is 1.79. The van der Waals surface area contributed by atoms with Crippen LogP contribution < -0.4 is 16.4 Å². The lowest BCUT2D eigenvalue weighted by molar-refractivity contribution is 1.20. The molecule has 4 rings (SSSR count). The standard InChI is InChI=1S/C18H15B.C6H7N/c1-4-10-16(11-5-1)19(17-12-6-2-7-13-17)18-14-8-3-9-15-18;1-6-4-2-3-5-7-6/h1-15H;2-5H,1H3. The number of aromatic nitrogens is 1. The van der Waals surface area contributed by atoms with Crippen LogP contribution in [0.15, 0.2) is 115 Å². The molecule has 0 unspecified atom stereocenters. The minimum absolute atomic E-state index is 0.309. The van der Waals surface area contributed by atoms with Crippen molar-refractivity contribution in [3.05, 3.63) is 121 Å². The minimum atomic E-state index is 0.309. The largest absolute Gasteiger partial charge is 0.262 e. The van der Waals surface area contributed by atoms with Crippen LogP contribution in [0.5, 0.6) is 0 Å². The molecule has 0 bridgehead atoms. The second-order valence-corrected chi connectivity index (χ2v) is 6.14. The second-order valence-electron chi connectivity index (χ2n) is 6.14. The first kappa shape index (κ1) is 17.7. The Kier molecular flexibility index (Phi) is 6.38. The molecule has 0 aliphatic heterocycles. The summed E-state index contributed by atoms with van der Waals surface area (Å²) >= 11 is 0. The third kappa shape index (κ3) is 4.94. The van der Waals surface area contributed by atoms with Gasteiger partial charge in [-0.25, -0.2) is 0 Å². The van der Waals surface area contributed by atoms with E-state index in [4.69, 9.17) is 0 Å². The monoisotopic (exact) mass is 335 g/mol. The highest BCUT2D eigenvalue weighted by molar-refractivity contribution is 6.95. The number of nitrogens with zero attached hydrogens (tertiary/aromatic N) is 1. The fourth-order valence-corrected chi connectivity index (χ4v) is 2.96. The Morgan fingerprint density at radius 3 is 1.15 bits per heavy atom. The molecule has 0 saturated heterocycles. The molecule has 126 valence electrons. The van der Waals surface area contributed by atoms with Crippen molar-refractivity contribution in [1.82, 2.24) is 4.98 Å². The van der Waals surface area contributed by atoms with E-state index in [1.165, 1.54) is 16.4 Å². The molecule has 1 aromatic heterocycles. The fourth-order valence-electron chi connectivity index (χ4n) is 2.96. The van der Waals surface area contributed by atoms with E-state index in [1.807, 2.05) is 25.1 Å². The number of aryl methyl sites for hydroxylation is 1. The van der Waals surface area contributed by atoms with Gasteiger partial charge in [-0.05, 0) is 19.1 Å². The molecule has 0 spiro atoms. The third-order valence-corrected chi connectivity index (χ3v) is 4.21. The van der Waals surface area contributed by atoms with Gasteiger partial charge >= 0.3 is 0 Å². The van der Waals surface area contributed by atoms with E-state index in [0.717, 1.165) is 5.69 Å². The zero-order valence-electron chi connectivity index (χ0n) is 15.0. The van der Waals surface area contributed by atoms with Crippen LogP contribution in [-0.4, -0.2) is 11.7 Å². The maximum Gasteiger partial charge on any atom is 0.241 e. The third-order valence-electron chi connectivity index (χ3n) is 4.21. The van der Waals surface area contributed by atoms with Gasteiger partial charge in [-0.2, -0.15) is 0 Å². The Morgan fingerprint density at radius 1 is 0.500 bits per heavy atom. The van der Waals surface area contributed by atoms with Gasteiger partial charge in [-0.15, -0.1) is 0 Å². The van der Waals surface area contributed by atoms with E-state index < -0.39 is 0 Å². The highest BCUT2D eigenvalue weighted by Gasteiger charge is 2.20. The Hall–Kier alpha value is -3.13. The van der Waals surface area contributed by atoms with Gasteiger partial charge < -0.3 is 0 Å². The molecule has 0 N–H and O–H groups in total. The summed E-state index contributed by atoms with van der Waals surface area (Å²) < 4.78 is 0.